The highest BCUT2D eigenvalue weighted by molar-refractivity contribution is 6.48. The van der Waals surface area contributed by atoms with E-state index < -0.39 is 11.7 Å². The molecule has 0 aliphatic carbocycles. The molecule has 0 unspecified atom stereocenters. The maximum atomic E-state index is 13.2. The van der Waals surface area contributed by atoms with E-state index in [9.17, 15) is 22.8 Å². The van der Waals surface area contributed by atoms with Gasteiger partial charge in [0.25, 0.3) is 11.7 Å². The van der Waals surface area contributed by atoms with Crippen molar-refractivity contribution in [1.82, 2.24) is 19.1 Å². The number of anilines is 1. The monoisotopic (exact) mass is 835 g/mol. The fourth-order valence-corrected chi connectivity index (χ4v) is 6.33. The Morgan fingerprint density at radius 3 is 1.61 bits per heavy atom. The number of Topliss-reactive ketones (excluding diaryl/α,β-unsaturated/α-hetero) is 1. The number of amides is 1. The lowest BCUT2D eigenvalue weighted by molar-refractivity contribution is -0.112. The molecule has 306 valence electrons. The molecule has 11 heteroatoms. The molecule has 0 spiro atoms. The first-order valence-corrected chi connectivity index (χ1v) is 19.7. The van der Waals surface area contributed by atoms with Crippen molar-refractivity contribution in [2.75, 3.05) is 5.32 Å². The van der Waals surface area contributed by atoms with Crippen molar-refractivity contribution in [1.29, 1.82) is 0 Å². The van der Waals surface area contributed by atoms with E-state index in [1.54, 1.807) is 55.0 Å². The average molecular weight is 836 g/mol. The van der Waals surface area contributed by atoms with E-state index in [2.05, 4.69) is 44.2 Å². The lowest BCUT2D eigenvalue weighted by Gasteiger charge is -2.05. The number of carbonyl (C=O) groups is 2. The molecule has 9 rings (SSSR count). The lowest BCUT2D eigenvalue weighted by Crippen LogP contribution is -2.22. The van der Waals surface area contributed by atoms with Gasteiger partial charge in [0.1, 0.15) is 17.5 Å². The van der Waals surface area contributed by atoms with Gasteiger partial charge in [-0.25, -0.2) is 13.2 Å². The molecule has 0 saturated heterocycles. The van der Waals surface area contributed by atoms with Gasteiger partial charge in [0, 0.05) is 78.3 Å². The van der Waals surface area contributed by atoms with Gasteiger partial charge in [-0.1, -0.05) is 72.8 Å². The number of ketones is 1. The van der Waals surface area contributed by atoms with Crippen molar-refractivity contribution in [3.63, 3.8) is 0 Å². The zero-order valence-corrected chi connectivity index (χ0v) is 33.9. The highest BCUT2D eigenvalue weighted by Gasteiger charge is 2.22. The molecule has 0 radical (unpaired) electrons. The Morgan fingerprint density at radius 1 is 0.574 bits per heavy atom. The standard InChI is InChI=1S/C22H16FN3O2.C15H12FN.C7H6ClF.C6H7N/c23-16-7-5-15(6-8-16)13-26-14-19(18-3-1-2-4-20(18)26)21(27)22(28)25-17-9-11-24-12-10-17;16-14-7-5-12(6-8-14)11-17-10-9-13-3-1-2-4-15(13)17;8-5-6-1-3-7(9)4-2-6;1-6-2-4-7-5-3-6/h1-12,14H,13H2,(H,24,25,28);1-10H,11H2;1-4H,5H2;2-5H,1H3. The van der Waals surface area contributed by atoms with Gasteiger partial charge in [0.2, 0.25) is 0 Å². The van der Waals surface area contributed by atoms with E-state index in [-0.39, 0.29) is 17.5 Å². The molecular weight excluding hydrogens is 795 g/mol. The van der Waals surface area contributed by atoms with Crippen LogP contribution in [0, 0.1) is 24.4 Å². The number of halogens is 4. The van der Waals surface area contributed by atoms with Crippen LogP contribution < -0.4 is 5.32 Å². The summed E-state index contributed by atoms with van der Waals surface area (Å²) < 4.78 is 42.2. The van der Waals surface area contributed by atoms with Crippen molar-refractivity contribution in [3.8, 4) is 0 Å². The summed E-state index contributed by atoms with van der Waals surface area (Å²) in [6, 6.07) is 43.9. The number of alkyl halides is 1. The van der Waals surface area contributed by atoms with Crippen LogP contribution in [-0.4, -0.2) is 30.8 Å². The summed E-state index contributed by atoms with van der Waals surface area (Å²) in [6.07, 6.45) is 10.4. The number of para-hydroxylation sites is 2. The Bertz CT molecular complexity index is 2780. The molecule has 0 aliphatic rings. The third-order valence-electron chi connectivity index (χ3n) is 9.30. The maximum absolute atomic E-state index is 13.2. The van der Waals surface area contributed by atoms with Crippen LogP contribution in [0.4, 0.5) is 18.9 Å². The molecule has 0 saturated carbocycles. The number of pyridine rings is 2. The zero-order chi connectivity index (χ0) is 43.0. The molecule has 1 amide bonds. The topological polar surface area (TPSA) is 81.8 Å². The minimum Gasteiger partial charge on any atom is -0.343 e. The largest absolute Gasteiger partial charge is 0.343 e. The van der Waals surface area contributed by atoms with Crippen LogP contribution in [0.2, 0.25) is 0 Å². The van der Waals surface area contributed by atoms with Gasteiger partial charge < -0.3 is 14.5 Å². The number of hydrogen-bond donors (Lipinski definition) is 1. The Balaban J connectivity index is 0.000000158. The quantitative estimate of drug-likeness (QED) is 0.0939. The molecule has 0 fully saturated rings. The number of carbonyl (C=O) groups excluding carboxylic acids is 2. The summed E-state index contributed by atoms with van der Waals surface area (Å²) in [4.78, 5) is 32.9. The number of benzene rings is 5. The minimum atomic E-state index is -0.712. The Labute approximate surface area is 356 Å². The summed E-state index contributed by atoms with van der Waals surface area (Å²) in [5, 5.41) is 4.52. The van der Waals surface area contributed by atoms with Crippen LogP contribution in [0.5, 0.6) is 0 Å². The number of fused-ring (bicyclic) bond motifs is 2. The van der Waals surface area contributed by atoms with Crippen LogP contribution in [0.25, 0.3) is 21.8 Å². The van der Waals surface area contributed by atoms with Gasteiger partial charge in [-0.3, -0.25) is 19.6 Å². The van der Waals surface area contributed by atoms with Crippen molar-refractivity contribution >= 4 is 50.8 Å². The third-order valence-corrected chi connectivity index (χ3v) is 9.61. The highest BCUT2D eigenvalue weighted by Crippen LogP contribution is 2.24. The van der Waals surface area contributed by atoms with Crippen molar-refractivity contribution < 1.29 is 22.8 Å². The third kappa shape index (κ3) is 12.6. The fraction of sp³-hybridized carbons (Fsp3) is 0.0800. The van der Waals surface area contributed by atoms with E-state index in [0.29, 0.717) is 29.1 Å². The second kappa shape index (κ2) is 21.6. The Hall–Kier alpha value is -7.30. The molecule has 0 atom stereocenters. The van der Waals surface area contributed by atoms with Crippen LogP contribution in [0.1, 0.15) is 32.6 Å². The molecule has 0 aliphatic heterocycles. The molecule has 4 aromatic heterocycles. The van der Waals surface area contributed by atoms with Crippen LogP contribution in [0.15, 0.2) is 189 Å². The molecule has 4 heterocycles. The Kier molecular flexibility index (Phi) is 15.3. The molecule has 61 heavy (non-hydrogen) atoms. The first-order chi connectivity index (χ1) is 29.7. The van der Waals surface area contributed by atoms with E-state index in [1.807, 2.05) is 72.2 Å². The number of hydrogen-bond acceptors (Lipinski definition) is 4. The van der Waals surface area contributed by atoms with Crippen molar-refractivity contribution in [3.05, 3.63) is 234 Å². The predicted octanol–water partition coefficient (Wildman–Crippen LogP) is 11.8. The van der Waals surface area contributed by atoms with Crippen LogP contribution in [-0.2, 0) is 23.8 Å². The molecule has 7 nitrogen and oxygen atoms in total. The van der Waals surface area contributed by atoms with Crippen molar-refractivity contribution in [2.24, 2.45) is 0 Å². The maximum Gasteiger partial charge on any atom is 0.296 e. The normalized spacial score (nSPS) is 10.4. The van der Waals surface area contributed by atoms with Crippen LogP contribution >= 0.6 is 11.6 Å². The second-order valence-corrected chi connectivity index (χ2v) is 14.0. The number of nitrogens with zero attached hydrogens (tertiary/aromatic N) is 4. The molecule has 9 aromatic rings. The molecule has 1 N–H and O–H groups in total. The highest BCUT2D eigenvalue weighted by atomic mass is 35.5. The van der Waals surface area contributed by atoms with Gasteiger partial charge in [-0.05, 0) is 113 Å². The number of aromatic nitrogens is 4. The number of aryl methyl sites for hydroxylation is 1. The first-order valence-electron chi connectivity index (χ1n) is 19.2. The average Bonchev–Trinajstić information content (AvgIpc) is 3.87. The summed E-state index contributed by atoms with van der Waals surface area (Å²) in [6.45, 7) is 3.27. The smallest absolute Gasteiger partial charge is 0.296 e. The molecule has 5 aromatic carbocycles. The van der Waals surface area contributed by atoms with Crippen molar-refractivity contribution in [2.45, 2.75) is 25.9 Å². The summed E-state index contributed by atoms with van der Waals surface area (Å²) in [7, 11) is 0. The SMILES string of the molecule is Cc1ccncc1.Fc1ccc(CCl)cc1.Fc1ccc(Cn2ccc3ccccc32)cc1.O=C(Nc1ccncc1)C(=O)c1cn(Cc2ccc(F)cc2)c2ccccc12. The van der Waals surface area contributed by atoms with E-state index in [0.717, 1.165) is 28.8 Å². The van der Waals surface area contributed by atoms with Gasteiger partial charge in [0.15, 0.2) is 0 Å². The predicted molar refractivity (Wildman–Crippen MR) is 237 cm³/mol. The summed E-state index contributed by atoms with van der Waals surface area (Å²) in [5.41, 5.74) is 7.06. The summed E-state index contributed by atoms with van der Waals surface area (Å²) in [5.74, 6) is -1.60. The van der Waals surface area contributed by atoms with Gasteiger partial charge in [0.05, 0.1) is 5.56 Å². The summed E-state index contributed by atoms with van der Waals surface area (Å²) >= 11 is 5.46. The number of rotatable bonds is 8. The minimum absolute atomic E-state index is 0.189. The lowest BCUT2D eigenvalue weighted by atomic mass is 10.1. The van der Waals surface area contributed by atoms with Gasteiger partial charge in [-0.2, -0.15) is 0 Å². The van der Waals surface area contributed by atoms with E-state index in [1.165, 1.54) is 65.3 Å². The van der Waals surface area contributed by atoms with Crippen LogP contribution in [0.3, 0.4) is 0 Å². The van der Waals surface area contributed by atoms with Gasteiger partial charge in [-0.15, -0.1) is 11.6 Å². The van der Waals surface area contributed by atoms with Gasteiger partial charge >= 0.3 is 0 Å². The second-order valence-electron chi connectivity index (χ2n) is 13.7. The first kappa shape index (κ1) is 43.3. The van der Waals surface area contributed by atoms with E-state index >= 15 is 0 Å². The fourth-order valence-electron chi connectivity index (χ4n) is 6.16. The molecular formula is C50H41ClF3N5O2. The number of nitrogens with one attached hydrogen (secondary N) is 1. The molecule has 0 bridgehead atoms. The zero-order valence-electron chi connectivity index (χ0n) is 33.1. The van der Waals surface area contributed by atoms with E-state index in [4.69, 9.17) is 11.6 Å². The Morgan fingerprint density at radius 2 is 1.07 bits per heavy atom.